The quantitative estimate of drug-likeness (QED) is 0.884. The number of hydrogen-bond acceptors (Lipinski definition) is 3. The van der Waals surface area contributed by atoms with Crippen molar-refractivity contribution in [2.24, 2.45) is 5.92 Å². The first kappa shape index (κ1) is 13.6. The summed E-state index contributed by atoms with van der Waals surface area (Å²) in [6.45, 7) is 2.03. The molecule has 2 fully saturated rings. The summed E-state index contributed by atoms with van der Waals surface area (Å²) in [5, 5.41) is 6.73. The molecule has 0 aromatic carbocycles. The third-order valence-electron chi connectivity index (χ3n) is 4.63. The molecule has 2 saturated heterocycles. The zero-order valence-electron chi connectivity index (χ0n) is 12.0. The summed E-state index contributed by atoms with van der Waals surface area (Å²) in [6.07, 6.45) is 9.10. The van der Waals surface area contributed by atoms with E-state index in [1.807, 2.05) is 19.1 Å². The van der Waals surface area contributed by atoms with Crippen LogP contribution in [0.3, 0.4) is 0 Å². The molecule has 3 heterocycles. The van der Waals surface area contributed by atoms with Crippen molar-refractivity contribution in [2.75, 3.05) is 0 Å². The van der Waals surface area contributed by atoms with Crippen molar-refractivity contribution in [3.05, 3.63) is 30.1 Å². The summed E-state index contributed by atoms with van der Waals surface area (Å²) in [5.41, 5.74) is 1.11. The van der Waals surface area contributed by atoms with E-state index in [0.717, 1.165) is 18.4 Å². The molecule has 20 heavy (non-hydrogen) atoms. The predicted molar refractivity (Wildman–Crippen MR) is 78.1 cm³/mol. The summed E-state index contributed by atoms with van der Waals surface area (Å²) < 4.78 is 0. The number of hydrogen-bond donors (Lipinski definition) is 2. The van der Waals surface area contributed by atoms with E-state index in [9.17, 15) is 4.79 Å². The minimum Gasteiger partial charge on any atom is -0.350 e. The first-order chi connectivity index (χ1) is 9.70. The van der Waals surface area contributed by atoms with Crippen molar-refractivity contribution in [3.8, 4) is 0 Å². The normalized spacial score (nSPS) is 29.9. The molecule has 2 unspecified atom stereocenters. The van der Waals surface area contributed by atoms with Gasteiger partial charge in [-0.25, -0.2) is 0 Å². The Kier molecular flexibility index (Phi) is 4.01. The highest BCUT2D eigenvalue weighted by molar-refractivity contribution is 5.76. The topological polar surface area (TPSA) is 54.0 Å². The third kappa shape index (κ3) is 3.18. The molecule has 2 N–H and O–H groups in total. The summed E-state index contributed by atoms with van der Waals surface area (Å²) in [4.78, 5) is 16.2. The molecule has 3 rings (SSSR count). The molecule has 108 valence electrons. The van der Waals surface area contributed by atoms with E-state index in [-0.39, 0.29) is 11.9 Å². The Morgan fingerprint density at radius 2 is 2.00 bits per heavy atom. The molecule has 0 aliphatic carbocycles. The van der Waals surface area contributed by atoms with Gasteiger partial charge in [-0.3, -0.25) is 9.78 Å². The van der Waals surface area contributed by atoms with Gasteiger partial charge in [-0.2, -0.15) is 0 Å². The summed E-state index contributed by atoms with van der Waals surface area (Å²) in [5.74, 6) is 0.735. The number of carbonyl (C=O) groups excluding carboxylic acids is 1. The van der Waals surface area contributed by atoms with Crippen molar-refractivity contribution in [1.82, 2.24) is 15.6 Å². The lowest BCUT2D eigenvalue weighted by molar-refractivity contribution is -0.122. The number of aromatic nitrogens is 1. The lowest BCUT2D eigenvalue weighted by Crippen LogP contribution is -2.40. The molecule has 4 nitrogen and oxygen atoms in total. The van der Waals surface area contributed by atoms with Gasteiger partial charge in [-0.1, -0.05) is 0 Å². The Balaban J connectivity index is 1.50. The smallest absolute Gasteiger partial charge is 0.220 e. The third-order valence-corrected chi connectivity index (χ3v) is 4.63. The number of piperidine rings is 1. The molecule has 3 atom stereocenters. The van der Waals surface area contributed by atoms with Gasteiger partial charge in [0.05, 0.1) is 6.04 Å². The van der Waals surface area contributed by atoms with Gasteiger partial charge < -0.3 is 10.6 Å². The van der Waals surface area contributed by atoms with Crippen LogP contribution in [0.15, 0.2) is 24.5 Å². The fourth-order valence-electron chi connectivity index (χ4n) is 3.64. The van der Waals surface area contributed by atoms with Crippen LogP contribution in [0.1, 0.15) is 50.6 Å². The SMILES string of the molecule is C[C@H](NC(=O)CC1CC2CCC(C1)N2)c1ccncc1. The number of fused-ring (bicyclic) bond motifs is 2. The zero-order valence-corrected chi connectivity index (χ0v) is 12.0. The van der Waals surface area contributed by atoms with Crippen LogP contribution >= 0.6 is 0 Å². The first-order valence-corrected chi connectivity index (χ1v) is 7.66. The molecule has 0 radical (unpaired) electrons. The van der Waals surface area contributed by atoms with Crippen LogP contribution in [-0.2, 0) is 4.79 Å². The molecule has 1 amide bonds. The van der Waals surface area contributed by atoms with Gasteiger partial charge in [0.15, 0.2) is 0 Å². The number of nitrogens with one attached hydrogen (secondary N) is 2. The number of pyridine rings is 1. The lowest BCUT2D eigenvalue weighted by Gasteiger charge is -2.29. The fraction of sp³-hybridized carbons (Fsp3) is 0.625. The summed E-state index contributed by atoms with van der Waals surface area (Å²) >= 11 is 0. The number of amides is 1. The second kappa shape index (κ2) is 5.92. The van der Waals surface area contributed by atoms with Gasteiger partial charge in [0.1, 0.15) is 0 Å². The Bertz CT molecular complexity index is 450. The van der Waals surface area contributed by atoms with Crippen LogP contribution in [0.25, 0.3) is 0 Å². The van der Waals surface area contributed by atoms with Gasteiger partial charge in [0, 0.05) is 30.9 Å². The standard InChI is InChI=1S/C16H23N3O/c1-11(13-4-6-17-7-5-13)18-16(20)10-12-8-14-2-3-15(9-12)19-14/h4-7,11-12,14-15,19H,2-3,8-10H2,1H3,(H,18,20)/t11-,12?,14?,15?/m0/s1. The largest absolute Gasteiger partial charge is 0.350 e. The lowest BCUT2D eigenvalue weighted by atomic mass is 9.89. The van der Waals surface area contributed by atoms with E-state index in [0.29, 0.717) is 24.4 Å². The minimum absolute atomic E-state index is 0.0592. The number of rotatable bonds is 4. The highest BCUT2D eigenvalue weighted by atomic mass is 16.1. The first-order valence-electron chi connectivity index (χ1n) is 7.66. The average Bonchev–Trinajstić information content (AvgIpc) is 2.78. The summed E-state index contributed by atoms with van der Waals surface area (Å²) in [7, 11) is 0. The van der Waals surface area contributed by atoms with Crippen molar-refractivity contribution < 1.29 is 4.79 Å². The van der Waals surface area contributed by atoms with Crippen LogP contribution in [0.2, 0.25) is 0 Å². The maximum absolute atomic E-state index is 12.2. The Hall–Kier alpha value is -1.42. The molecule has 2 aliphatic rings. The average molecular weight is 273 g/mol. The van der Waals surface area contributed by atoms with Crippen LogP contribution < -0.4 is 10.6 Å². The molecule has 1 aromatic rings. The molecular weight excluding hydrogens is 250 g/mol. The van der Waals surface area contributed by atoms with E-state index in [1.54, 1.807) is 12.4 Å². The fourth-order valence-corrected chi connectivity index (χ4v) is 3.64. The van der Waals surface area contributed by atoms with Crippen molar-refractivity contribution >= 4 is 5.91 Å². The van der Waals surface area contributed by atoms with Crippen LogP contribution in [0.5, 0.6) is 0 Å². The highest BCUT2D eigenvalue weighted by Gasteiger charge is 2.34. The van der Waals surface area contributed by atoms with Gasteiger partial charge in [-0.05, 0) is 56.2 Å². The summed E-state index contributed by atoms with van der Waals surface area (Å²) in [6, 6.07) is 5.28. The molecule has 4 heteroatoms. The van der Waals surface area contributed by atoms with Crippen LogP contribution in [0, 0.1) is 5.92 Å². The van der Waals surface area contributed by atoms with Gasteiger partial charge in [0.25, 0.3) is 0 Å². The molecule has 2 aliphatic heterocycles. The van der Waals surface area contributed by atoms with E-state index in [1.165, 1.54) is 12.8 Å². The van der Waals surface area contributed by atoms with Gasteiger partial charge >= 0.3 is 0 Å². The van der Waals surface area contributed by atoms with E-state index >= 15 is 0 Å². The minimum atomic E-state index is 0.0592. The monoisotopic (exact) mass is 273 g/mol. The second-order valence-electron chi connectivity index (χ2n) is 6.25. The molecule has 0 saturated carbocycles. The Morgan fingerprint density at radius 3 is 2.65 bits per heavy atom. The van der Waals surface area contributed by atoms with E-state index < -0.39 is 0 Å². The van der Waals surface area contributed by atoms with Crippen molar-refractivity contribution in [1.29, 1.82) is 0 Å². The van der Waals surface area contributed by atoms with Crippen molar-refractivity contribution in [3.63, 3.8) is 0 Å². The predicted octanol–water partition coefficient (Wildman–Crippen LogP) is 2.18. The molecule has 2 bridgehead atoms. The van der Waals surface area contributed by atoms with Crippen LogP contribution in [-0.4, -0.2) is 23.0 Å². The van der Waals surface area contributed by atoms with Gasteiger partial charge in [0.2, 0.25) is 5.91 Å². The zero-order chi connectivity index (χ0) is 13.9. The molecule has 0 spiro atoms. The van der Waals surface area contributed by atoms with Gasteiger partial charge in [-0.15, -0.1) is 0 Å². The Labute approximate surface area is 120 Å². The van der Waals surface area contributed by atoms with E-state index in [4.69, 9.17) is 0 Å². The number of carbonyl (C=O) groups is 1. The van der Waals surface area contributed by atoms with E-state index in [2.05, 4.69) is 15.6 Å². The maximum Gasteiger partial charge on any atom is 0.220 e. The van der Waals surface area contributed by atoms with Crippen LogP contribution in [0.4, 0.5) is 0 Å². The highest BCUT2D eigenvalue weighted by Crippen LogP contribution is 2.32. The Morgan fingerprint density at radius 1 is 1.35 bits per heavy atom. The maximum atomic E-state index is 12.2. The number of nitrogens with zero attached hydrogens (tertiary/aromatic N) is 1. The second-order valence-corrected chi connectivity index (χ2v) is 6.25. The van der Waals surface area contributed by atoms with Crippen molar-refractivity contribution in [2.45, 2.75) is 57.2 Å². The molecule has 1 aromatic heterocycles. The molecular formula is C16H23N3O.